The van der Waals surface area contributed by atoms with E-state index in [1.54, 1.807) is 25.2 Å². The molecule has 0 aliphatic carbocycles. The summed E-state index contributed by atoms with van der Waals surface area (Å²) in [6, 6.07) is 12.5. The third-order valence-electron chi connectivity index (χ3n) is 4.48. The molecule has 0 saturated heterocycles. The molecule has 0 unspecified atom stereocenters. The molecule has 2 N–H and O–H groups in total. The Morgan fingerprint density at radius 2 is 1.87 bits per heavy atom. The van der Waals surface area contributed by atoms with Gasteiger partial charge in [-0.15, -0.1) is 0 Å². The third kappa shape index (κ3) is 6.15. The van der Waals surface area contributed by atoms with Crippen molar-refractivity contribution in [3.05, 3.63) is 65.7 Å². The molecule has 0 saturated carbocycles. The van der Waals surface area contributed by atoms with E-state index in [-0.39, 0.29) is 29.3 Å². The zero-order valence-corrected chi connectivity index (χ0v) is 18.1. The summed E-state index contributed by atoms with van der Waals surface area (Å²) < 4.78 is 11.1. The molecule has 2 amide bonds. The second-order valence-corrected chi connectivity index (χ2v) is 8.08. The number of pyridine rings is 1. The number of nitrogens with zero attached hydrogens (tertiary/aromatic N) is 2. The molecular formula is C23H26N4O4. The number of rotatable bonds is 7. The van der Waals surface area contributed by atoms with Crippen LogP contribution in [0.25, 0.3) is 0 Å². The quantitative estimate of drug-likeness (QED) is 0.594. The van der Waals surface area contributed by atoms with Crippen LogP contribution in [0.1, 0.15) is 49.0 Å². The Labute approximate surface area is 181 Å². The van der Waals surface area contributed by atoms with Crippen LogP contribution < -0.4 is 15.4 Å². The lowest BCUT2D eigenvalue weighted by molar-refractivity contribution is -0.116. The zero-order chi connectivity index (χ0) is 22.4. The summed E-state index contributed by atoms with van der Waals surface area (Å²) in [6.07, 6.45) is 2.34. The minimum absolute atomic E-state index is 0.149. The first-order valence-electron chi connectivity index (χ1n) is 9.96. The Balaban J connectivity index is 1.57. The van der Waals surface area contributed by atoms with E-state index in [0.29, 0.717) is 29.5 Å². The number of hydrogen-bond acceptors (Lipinski definition) is 6. The van der Waals surface area contributed by atoms with Gasteiger partial charge in [-0.2, -0.15) is 0 Å². The van der Waals surface area contributed by atoms with E-state index in [9.17, 15) is 9.59 Å². The van der Waals surface area contributed by atoms with Gasteiger partial charge in [0.2, 0.25) is 5.91 Å². The van der Waals surface area contributed by atoms with Crippen LogP contribution in [0.4, 0.5) is 5.82 Å². The standard InChI is InChI=1S/C23H26N4O4/c1-23(2,3)19-14-20(27-31-19)26-21(28)9-8-15-6-5-7-16(12-15)30-17-10-11-25-18(13-17)22(29)24-4/h5-7,10-14H,8-9H2,1-4H3,(H,24,29)(H,26,27,28). The zero-order valence-electron chi connectivity index (χ0n) is 18.1. The third-order valence-corrected chi connectivity index (χ3v) is 4.48. The van der Waals surface area contributed by atoms with Gasteiger partial charge in [0.25, 0.3) is 5.91 Å². The summed E-state index contributed by atoms with van der Waals surface area (Å²) in [7, 11) is 1.54. The van der Waals surface area contributed by atoms with Gasteiger partial charge in [0.15, 0.2) is 5.82 Å². The molecule has 0 radical (unpaired) electrons. The summed E-state index contributed by atoms with van der Waals surface area (Å²) >= 11 is 0. The van der Waals surface area contributed by atoms with Crippen molar-refractivity contribution in [2.75, 3.05) is 12.4 Å². The Bertz CT molecular complexity index is 1070. The van der Waals surface area contributed by atoms with Crippen molar-refractivity contribution in [1.82, 2.24) is 15.5 Å². The molecule has 8 nitrogen and oxygen atoms in total. The Hall–Kier alpha value is -3.68. The van der Waals surface area contributed by atoms with Crippen LogP contribution in [0.2, 0.25) is 0 Å². The van der Waals surface area contributed by atoms with Crippen LogP contribution in [0.5, 0.6) is 11.5 Å². The molecule has 0 aliphatic rings. The second-order valence-electron chi connectivity index (χ2n) is 8.08. The van der Waals surface area contributed by atoms with Gasteiger partial charge in [-0.1, -0.05) is 38.1 Å². The van der Waals surface area contributed by atoms with Crippen molar-refractivity contribution in [2.45, 2.75) is 39.0 Å². The van der Waals surface area contributed by atoms with E-state index in [2.05, 4.69) is 20.8 Å². The van der Waals surface area contributed by atoms with Crippen LogP contribution in [0.15, 0.2) is 53.2 Å². The summed E-state index contributed by atoms with van der Waals surface area (Å²) in [5, 5.41) is 9.19. The van der Waals surface area contributed by atoms with Crippen LogP contribution >= 0.6 is 0 Å². The fourth-order valence-corrected chi connectivity index (χ4v) is 2.78. The van der Waals surface area contributed by atoms with E-state index < -0.39 is 0 Å². The van der Waals surface area contributed by atoms with Gasteiger partial charge < -0.3 is 19.9 Å². The van der Waals surface area contributed by atoms with Crippen molar-refractivity contribution < 1.29 is 18.8 Å². The fourth-order valence-electron chi connectivity index (χ4n) is 2.78. The first kappa shape index (κ1) is 22.0. The average molecular weight is 422 g/mol. The van der Waals surface area contributed by atoms with E-state index in [4.69, 9.17) is 9.26 Å². The lowest BCUT2D eigenvalue weighted by Crippen LogP contribution is -2.18. The van der Waals surface area contributed by atoms with E-state index in [0.717, 1.165) is 5.56 Å². The van der Waals surface area contributed by atoms with Gasteiger partial charge in [-0.05, 0) is 30.2 Å². The van der Waals surface area contributed by atoms with Crippen molar-refractivity contribution in [2.24, 2.45) is 0 Å². The summed E-state index contributed by atoms with van der Waals surface area (Å²) in [5.74, 6) is 1.80. The number of carbonyl (C=O) groups is 2. The molecule has 2 aromatic heterocycles. The topological polar surface area (TPSA) is 106 Å². The molecule has 0 fully saturated rings. The lowest BCUT2D eigenvalue weighted by atomic mass is 9.93. The Kier molecular flexibility index (Phi) is 6.69. The van der Waals surface area contributed by atoms with Gasteiger partial charge in [-0.3, -0.25) is 14.6 Å². The first-order chi connectivity index (χ1) is 14.7. The SMILES string of the molecule is CNC(=O)c1cc(Oc2cccc(CCC(=O)Nc3cc(C(C)(C)C)on3)c2)ccn1. The molecule has 0 bridgehead atoms. The molecule has 0 aliphatic heterocycles. The lowest BCUT2D eigenvalue weighted by Gasteiger charge is -2.12. The van der Waals surface area contributed by atoms with Crippen LogP contribution in [-0.2, 0) is 16.6 Å². The normalized spacial score (nSPS) is 11.1. The number of aromatic nitrogens is 2. The molecule has 162 valence electrons. The molecule has 3 aromatic rings. The number of hydrogen-bond donors (Lipinski definition) is 2. The van der Waals surface area contributed by atoms with Gasteiger partial charge in [0.1, 0.15) is 23.0 Å². The van der Waals surface area contributed by atoms with E-state index in [1.807, 2.05) is 45.0 Å². The fraction of sp³-hybridized carbons (Fsp3) is 0.304. The molecule has 3 rings (SSSR count). The number of carbonyl (C=O) groups excluding carboxylic acids is 2. The molecule has 0 spiro atoms. The van der Waals surface area contributed by atoms with Crippen LogP contribution in [-0.4, -0.2) is 29.0 Å². The molecule has 31 heavy (non-hydrogen) atoms. The number of ether oxygens (including phenoxy) is 1. The molecule has 2 heterocycles. The highest BCUT2D eigenvalue weighted by atomic mass is 16.5. The van der Waals surface area contributed by atoms with Gasteiger partial charge in [0.05, 0.1) is 0 Å². The van der Waals surface area contributed by atoms with E-state index in [1.165, 1.54) is 6.20 Å². The van der Waals surface area contributed by atoms with Crippen molar-refractivity contribution >= 4 is 17.6 Å². The number of anilines is 1. The number of benzene rings is 1. The molecular weight excluding hydrogens is 396 g/mol. The number of amides is 2. The summed E-state index contributed by atoms with van der Waals surface area (Å²) in [5.41, 5.74) is 1.05. The minimum atomic E-state index is -0.285. The molecule has 8 heteroatoms. The van der Waals surface area contributed by atoms with Crippen molar-refractivity contribution in [1.29, 1.82) is 0 Å². The van der Waals surface area contributed by atoms with Crippen molar-refractivity contribution in [3.63, 3.8) is 0 Å². The largest absolute Gasteiger partial charge is 0.457 e. The van der Waals surface area contributed by atoms with Crippen LogP contribution in [0.3, 0.4) is 0 Å². The van der Waals surface area contributed by atoms with Gasteiger partial charge in [0, 0.05) is 37.2 Å². The highest BCUT2D eigenvalue weighted by Crippen LogP contribution is 2.25. The maximum atomic E-state index is 12.3. The summed E-state index contributed by atoms with van der Waals surface area (Å²) in [6.45, 7) is 6.04. The van der Waals surface area contributed by atoms with Crippen molar-refractivity contribution in [3.8, 4) is 11.5 Å². The first-order valence-corrected chi connectivity index (χ1v) is 9.96. The Morgan fingerprint density at radius 1 is 1.10 bits per heavy atom. The average Bonchev–Trinajstić information content (AvgIpc) is 3.21. The maximum Gasteiger partial charge on any atom is 0.269 e. The van der Waals surface area contributed by atoms with Crippen LogP contribution in [0, 0.1) is 0 Å². The van der Waals surface area contributed by atoms with Gasteiger partial charge >= 0.3 is 0 Å². The summed E-state index contributed by atoms with van der Waals surface area (Å²) in [4.78, 5) is 28.0. The second kappa shape index (κ2) is 9.42. The predicted octanol–water partition coefficient (Wildman–Crippen LogP) is 4.09. The monoisotopic (exact) mass is 422 g/mol. The molecule has 0 atom stereocenters. The number of nitrogens with one attached hydrogen (secondary N) is 2. The van der Waals surface area contributed by atoms with Gasteiger partial charge in [-0.25, -0.2) is 0 Å². The maximum absolute atomic E-state index is 12.3. The highest BCUT2D eigenvalue weighted by molar-refractivity contribution is 5.92. The smallest absolute Gasteiger partial charge is 0.269 e. The predicted molar refractivity (Wildman–Crippen MR) is 116 cm³/mol. The minimum Gasteiger partial charge on any atom is -0.457 e. The number of aryl methyl sites for hydroxylation is 1. The molecule has 1 aromatic carbocycles. The van der Waals surface area contributed by atoms with E-state index >= 15 is 0 Å². The Morgan fingerprint density at radius 3 is 2.58 bits per heavy atom. The highest BCUT2D eigenvalue weighted by Gasteiger charge is 2.20.